The molecule has 5 heteroatoms. The van der Waals surface area contributed by atoms with Gasteiger partial charge in [0.2, 0.25) is 0 Å². The molecule has 0 fully saturated rings. The van der Waals surface area contributed by atoms with Crippen molar-refractivity contribution in [2.45, 2.75) is 0 Å². The van der Waals surface area contributed by atoms with Crippen molar-refractivity contribution in [3.63, 3.8) is 0 Å². The van der Waals surface area contributed by atoms with Gasteiger partial charge in [-0.25, -0.2) is 0 Å². The maximum absolute atomic E-state index is 5.97. The number of hydrogen-bond donors (Lipinski definition) is 1. The molecule has 0 saturated carbocycles. The summed E-state index contributed by atoms with van der Waals surface area (Å²) in [6.07, 6.45) is 0. The van der Waals surface area contributed by atoms with Gasteiger partial charge in [-0.15, -0.1) is 11.3 Å². The summed E-state index contributed by atoms with van der Waals surface area (Å²) in [6, 6.07) is 10.2. The van der Waals surface area contributed by atoms with E-state index in [0.29, 0.717) is 13.2 Å². The van der Waals surface area contributed by atoms with E-state index in [1.807, 2.05) is 12.1 Å². The number of nitrogen functional groups attached to an aromatic ring is 1. The quantitative estimate of drug-likeness (QED) is 0.761. The number of rotatable bonds is 8. The molecule has 2 N–H and O–H groups in total. The van der Waals surface area contributed by atoms with Crippen LogP contribution in [0.15, 0.2) is 35.7 Å². The molecule has 0 spiro atoms. The van der Waals surface area contributed by atoms with E-state index < -0.39 is 0 Å². The van der Waals surface area contributed by atoms with E-state index >= 15 is 0 Å². The Hall–Kier alpha value is -1.56. The van der Waals surface area contributed by atoms with Crippen LogP contribution in [0.4, 0.5) is 11.4 Å². The Labute approximate surface area is 130 Å². The lowest BCUT2D eigenvalue weighted by Crippen LogP contribution is -2.31. The molecular formula is C16H22N2O2S. The van der Waals surface area contributed by atoms with Crippen molar-refractivity contribution in [3.05, 3.63) is 35.7 Å². The van der Waals surface area contributed by atoms with E-state index in [9.17, 15) is 0 Å². The molecule has 1 heterocycles. The standard InChI is InChI=1S/C16H22N2O2S/c1-19-9-7-18(8-10-20-2)15-6-5-13(17)12-14(15)16-4-3-11-21-16/h3-6,11-12H,7-10,17H2,1-2H3. The normalized spacial score (nSPS) is 10.8. The molecule has 2 aromatic rings. The van der Waals surface area contributed by atoms with Gasteiger partial charge in [0.15, 0.2) is 0 Å². The minimum Gasteiger partial charge on any atom is -0.399 e. The molecule has 114 valence electrons. The highest BCUT2D eigenvalue weighted by Crippen LogP contribution is 2.35. The van der Waals surface area contributed by atoms with Crippen molar-refractivity contribution in [1.82, 2.24) is 0 Å². The predicted octanol–water partition coefficient (Wildman–Crippen LogP) is 3.10. The number of thiophene rings is 1. The molecule has 0 saturated heterocycles. The Morgan fingerprint density at radius 3 is 2.38 bits per heavy atom. The third-order valence-electron chi connectivity index (χ3n) is 3.28. The number of nitrogens with zero attached hydrogens (tertiary/aromatic N) is 1. The highest BCUT2D eigenvalue weighted by Gasteiger charge is 2.13. The average Bonchev–Trinajstić information content (AvgIpc) is 3.02. The number of methoxy groups -OCH3 is 2. The molecule has 1 aromatic heterocycles. The predicted molar refractivity (Wildman–Crippen MR) is 90.1 cm³/mol. The molecule has 0 bridgehead atoms. The summed E-state index contributed by atoms with van der Waals surface area (Å²) in [4.78, 5) is 3.50. The Bertz CT molecular complexity index is 535. The SMILES string of the molecule is COCCN(CCOC)c1ccc(N)cc1-c1cccs1. The molecule has 0 amide bonds. The van der Waals surface area contributed by atoms with Crippen LogP contribution in [-0.4, -0.2) is 40.5 Å². The smallest absolute Gasteiger partial charge is 0.0637 e. The molecule has 0 radical (unpaired) electrons. The minimum absolute atomic E-state index is 0.679. The first-order valence-electron chi connectivity index (χ1n) is 6.92. The second kappa shape index (κ2) is 8.02. The molecular weight excluding hydrogens is 284 g/mol. The van der Waals surface area contributed by atoms with Gasteiger partial charge in [0.1, 0.15) is 0 Å². The zero-order valence-electron chi connectivity index (χ0n) is 12.5. The fraction of sp³-hybridized carbons (Fsp3) is 0.375. The van der Waals surface area contributed by atoms with Crippen LogP contribution in [0.5, 0.6) is 0 Å². The lowest BCUT2D eigenvalue weighted by molar-refractivity contribution is 0.190. The zero-order valence-corrected chi connectivity index (χ0v) is 13.4. The fourth-order valence-electron chi connectivity index (χ4n) is 2.21. The van der Waals surface area contributed by atoms with Gasteiger partial charge in [0.25, 0.3) is 0 Å². The first-order chi connectivity index (χ1) is 10.3. The first kappa shape index (κ1) is 15.8. The maximum atomic E-state index is 5.97. The van der Waals surface area contributed by atoms with Gasteiger partial charge in [-0.3, -0.25) is 0 Å². The van der Waals surface area contributed by atoms with Gasteiger partial charge in [-0.1, -0.05) is 6.07 Å². The monoisotopic (exact) mass is 306 g/mol. The van der Waals surface area contributed by atoms with Crippen LogP contribution in [0.3, 0.4) is 0 Å². The van der Waals surface area contributed by atoms with Crippen molar-refractivity contribution >= 4 is 22.7 Å². The van der Waals surface area contributed by atoms with Crippen LogP contribution in [0.2, 0.25) is 0 Å². The number of anilines is 2. The van der Waals surface area contributed by atoms with Crippen LogP contribution in [-0.2, 0) is 9.47 Å². The number of nitrogens with two attached hydrogens (primary N) is 1. The van der Waals surface area contributed by atoms with E-state index in [4.69, 9.17) is 15.2 Å². The largest absolute Gasteiger partial charge is 0.399 e. The van der Waals surface area contributed by atoms with Gasteiger partial charge in [0, 0.05) is 49.1 Å². The van der Waals surface area contributed by atoms with Gasteiger partial charge in [-0.05, 0) is 29.6 Å². The van der Waals surface area contributed by atoms with Crippen LogP contribution >= 0.6 is 11.3 Å². The lowest BCUT2D eigenvalue weighted by Gasteiger charge is -2.26. The van der Waals surface area contributed by atoms with E-state index in [1.54, 1.807) is 25.6 Å². The van der Waals surface area contributed by atoms with E-state index in [-0.39, 0.29) is 0 Å². The summed E-state index contributed by atoms with van der Waals surface area (Å²) in [5.74, 6) is 0. The molecule has 1 aromatic carbocycles. The molecule has 0 aliphatic carbocycles. The third-order valence-corrected chi connectivity index (χ3v) is 4.18. The summed E-state index contributed by atoms with van der Waals surface area (Å²) in [5.41, 5.74) is 9.08. The molecule has 0 unspecified atom stereocenters. The lowest BCUT2D eigenvalue weighted by atomic mass is 10.1. The summed E-state index contributed by atoms with van der Waals surface area (Å²) in [5, 5.41) is 2.08. The summed E-state index contributed by atoms with van der Waals surface area (Å²) >= 11 is 1.72. The van der Waals surface area contributed by atoms with Crippen LogP contribution in [0.25, 0.3) is 10.4 Å². The van der Waals surface area contributed by atoms with E-state index in [0.717, 1.165) is 24.3 Å². The molecule has 21 heavy (non-hydrogen) atoms. The average molecular weight is 306 g/mol. The molecule has 0 aliphatic rings. The van der Waals surface area contributed by atoms with Gasteiger partial charge >= 0.3 is 0 Å². The molecule has 2 rings (SSSR count). The Morgan fingerprint density at radius 2 is 1.81 bits per heavy atom. The van der Waals surface area contributed by atoms with Crippen molar-refractivity contribution < 1.29 is 9.47 Å². The maximum Gasteiger partial charge on any atom is 0.0637 e. The van der Waals surface area contributed by atoms with Crippen LogP contribution in [0.1, 0.15) is 0 Å². The second-order valence-corrected chi connectivity index (χ2v) is 5.67. The number of hydrogen-bond acceptors (Lipinski definition) is 5. The van der Waals surface area contributed by atoms with Crippen molar-refractivity contribution in [2.24, 2.45) is 0 Å². The Morgan fingerprint density at radius 1 is 1.10 bits per heavy atom. The summed E-state index contributed by atoms with van der Waals surface area (Å²) in [7, 11) is 3.44. The Kier molecular flexibility index (Phi) is 6.04. The van der Waals surface area contributed by atoms with E-state index in [2.05, 4.69) is 28.5 Å². The molecule has 4 nitrogen and oxygen atoms in total. The molecule has 0 atom stereocenters. The zero-order chi connectivity index (χ0) is 15.1. The number of ether oxygens (including phenoxy) is 2. The summed E-state index contributed by atoms with van der Waals surface area (Å²) in [6.45, 7) is 3.00. The first-order valence-corrected chi connectivity index (χ1v) is 7.80. The van der Waals surface area contributed by atoms with Gasteiger partial charge in [-0.2, -0.15) is 0 Å². The van der Waals surface area contributed by atoms with E-state index in [1.165, 1.54) is 10.6 Å². The summed E-state index contributed by atoms with van der Waals surface area (Å²) < 4.78 is 10.4. The van der Waals surface area contributed by atoms with Crippen molar-refractivity contribution in [1.29, 1.82) is 0 Å². The topological polar surface area (TPSA) is 47.7 Å². The van der Waals surface area contributed by atoms with Gasteiger partial charge < -0.3 is 20.1 Å². The minimum atomic E-state index is 0.679. The highest BCUT2D eigenvalue weighted by atomic mass is 32.1. The highest BCUT2D eigenvalue weighted by molar-refractivity contribution is 7.13. The Balaban J connectivity index is 2.34. The number of benzene rings is 1. The fourth-order valence-corrected chi connectivity index (χ4v) is 2.97. The molecule has 0 aliphatic heterocycles. The second-order valence-electron chi connectivity index (χ2n) is 4.73. The van der Waals surface area contributed by atoms with Crippen LogP contribution in [0, 0.1) is 0 Å². The van der Waals surface area contributed by atoms with Crippen LogP contribution < -0.4 is 10.6 Å². The van der Waals surface area contributed by atoms with Gasteiger partial charge in [0.05, 0.1) is 13.2 Å². The van der Waals surface area contributed by atoms with Crippen molar-refractivity contribution in [3.8, 4) is 10.4 Å². The van der Waals surface area contributed by atoms with Crippen molar-refractivity contribution in [2.75, 3.05) is 51.2 Å². The third kappa shape index (κ3) is 4.20.